The van der Waals surface area contributed by atoms with Crippen LogP contribution in [-0.4, -0.2) is 18.2 Å². The first kappa shape index (κ1) is 11.9. The molecule has 0 aromatic carbocycles. The van der Waals surface area contributed by atoms with Crippen LogP contribution in [0.1, 0.15) is 33.5 Å². The Balaban J connectivity index is 0. The SMILES string of the molecule is O=S(=O)(O)C1CCCCC1.[H-].[Na+]. The second-order valence-corrected chi connectivity index (χ2v) is 4.47. The topological polar surface area (TPSA) is 54.4 Å². The minimum Gasteiger partial charge on any atom is -1.00 e. The first-order chi connectivity index (χ1) is 4.61. The standard InChI is InChI=1S/C6H12O3S.Na.H/c7-10(8,9)6-4-2-1-3-5-6;;/h6H,1-5H2,(H,7,8,9);;/q;+1;-1. The molecule has 0 spiro atoms. The first-order valence-corrected chi connectivity index (χ1v) is 5.07. The van der Waals surface area contributed by atoms with Crippen molar-refractivity contribution < 1.29 is 44.0 Å². The fourth-order valence-electron chi connectivity index (χ4n) is 1.36. The molecule has 62 valence electrons. The van der Waals surface area contributed by atoms with Crippen molar-refractivity contribution in [1.82, 2.24) is 0 Å². The van der Waals surface area contributed by atoms with E-state index in [4.69, 9.17) is 4.55 Å². The zero-order valence-corrected chi connectivity index (χ0v) is 9.60. The molecule has 0 aromatic rings. The third-order valence-corrected chi connectivity index (χ3v) is 3.29. The van der Waals surface area contributed by atoms with Crippen LogP contribution in [0.3, 0.4) is 0 Å². The van der Waals surface area contributed by atoms with Crippen molar-refractivity contribution in [2.75, 3.05) is 0 Å². The molecular formula is C6H13NaO3S. The van der Waals surface area contributed by atoms with Gasteiger partial charge in [-0.05, 0) is 12.8 Å². The molecule has 1 N–H and O–H groups in total. The van der Waals surface area contributed by atoms with E-state index in [1.807, 2.05) is 0 Å². The summed E-state index contributed by atoms with van der Waals surface area (Å²) in [6.07, 6.45) is 4.25. The van der Waals surface area contributed by atoms with Crippen molar-refractivity contribution in [2.24, 2.45) is 0 Å². The van der Waals surface area contributed by atoms with E-state index in [1.54, 1.807) is 0 Å². The molecule has 0 heterocycles. The van der Waals surface area contributed by atoms with E-state index in [0.29, 0.717) is 12.8 Å². The third kappa shape index (κ3) is 3.90. The van der Waals surface area contributed by atoms with Crippen LogP contribution in [0.2, 0.25) is 0 Å². The molecule has 3 nitrogen and oxygen atoms in total. The Morgan fingerprint density at radius 3 is 1.91 bits per heavy atom. The van der Waals surface area contributed by atoms with Gasteiger partial charge in [-0.1, -0.05) is 19.3 Å². The van der Waals surface area contributed by atoms with E-state index in [2.05, 4.69) is 0 Å². The van der Waals surface area contributed by atoms with Crippen molar-refractivity contribution >= 4 is 10.1 Å². The van der Waals surface area contributed by atoms with E-state index in [-0.39, 0.29) is 31.0 Å². The second-order valence-electron chi connectivity index (χ2n) is 2.77. The molecule has 0 amide bonds. The van der Waals surface area contributed by atoms with Gasteiger partial charge in [-0.15, -0.1) is 0 Å². The molecule has 0 saturated heterocycles. The predicted octanol–water partition coefficient (Wildman–Crippen LogP) is -1.68. The molecule has 0 bridgehead atoms. The average molecular weight is 188 g/mol. The second kappa shape index (κ2) is 4.82. The van der Waals surface area contributed by atoms with Crippen molar-refractivity contribution in [2.45, 2.75) is 37.4 Å². The number of rotatable bonds is 1. The minimum absolute atomic E-state index is 0. The molecule has 0 atom stereocenters. The van der Waals surface area contributed by atoms with Gasteiger partial charge in [0.2, 0.25) is 0 Å². The zero-order chi connectivity index (χ0) is 7.61. The van der Waals surface area contributed by atoms with Gasteiger partial charge in [0.05, 0.1) is 5.25 Å². The molecule has 0 unspecified atom stereocenters. The molecule has 0 aromatic heterocycles. The maximum Gasteiger partial charge on any atom is 1.00 e. The van der Waals surface area contributed by atoms with Crippen LogP contribution in [-0.2, 0) is 10.1 Å². The van der Waals surface area contributed by atoms with Crippen LogP contribution in [0.4, 0.5) is 0 Å². The van der Waals surface area contributed by atoms with Gasteiger partial charge < -0.3 is 1.43 Å². The van der Waals surface area contributed by atoms with Gasteiger partial charge in [-0.2, -0.15) is 8.42 Å². The summed E-state index contributed by atoms with van der Waals surface area (Å²) in [6.45, 7) is 0. The molecule has 1 saturated carbocycles. The van der Waals surface area contributed by atoms with Crippen LogP contribution >= 0.6 is 0 Å². The van der Waals surface area contributed by atoms with Gasteiger partial charge in [-0.25, -0.2) is 0 Å². The van der Waals surface area contributed by atoms with Crippen LogP contribution in [0, 0.1) is 0 Å². The molecule has 1 fully saturated rings. The Labute approximate surface area is 91.1 Å². The smallest absolute Gasteiger partial charge is 1.00 e. The molecule has 11 heavy (non-hydrogen) atoms. The summed E-state index contributed by atoms with van der Waals surface area (Å²) in [5.74, 6) is 0. The summed E-state index contributed by atoms with van der Waals surface area (Å²) in [7, 11) is -3.73. The van der Waals surface area contributed by atoms with E-state index in [9.17, 15) is 8.42 Å². The molecule has 1 rings (SSSR count). The summed E-state index contributed by atoms with van der Waals surface area (Å²) < 4.78 is 29.7. The maximum absolute atomic E-state index is 10.5. The fraction of sp³-hybridized carbons (Fsp3) is 1.00. The maximum atomic E-state index is 10.5. The quantitative estimate of drug-likeness (QED) is 0.395. The summed E-state index contributed by atoms with van der Waals surface area (Å²) in [5.41, 5.74) is 0. The van der Waals surface area contributed by atoms with Gasteiger partial charge in [-0.3, -0.25) is 4.55 Å². The molecule has 0 aliphatic heterocycles. The monoisotopic (exact) mass is 188 g/mol. The molecule has 1 aliphatic carbocycles. The number of hydrogen-bond donors (Lipinski definition) is 1. The van der Waals surface area contributed by atoms with E-state index in [1.165, 1.54) is 0 Å². The fourth-order valence-corrected chi connectivity index (χ4v) is 2.29. The summed E-state index contributed by atoms with van der Waals surface area (Å²) in [4.78, 5) is 0. The molecule has 0 radical (unpaired) electrons. The van der Waals surface area contributed by atoms with Gasteiger partial charge in [0.25, 0.3) is 10.1 Å². The van der Waals surface area contributed by atoms with Gasteiger partial charge in [0.1, 0.15) is 0 Å². The predicted molar refractivity (Wildman–Crippen MR) is 39.5 cm³/mol. The van der Waals surface area contributed by atoms with E-state index >= 15 is 0 Å². The Bertz CT molecular complexity index is 199. The molecule has 5 heteroatoms. The van der Waals surface area contributed by atoms with E-state index in [0.717, 1.165) is 19.3 Å². The Hall–Kier alpha value is 0.910. The average Bonchev–Trinajstić information content (AvgIpc) is 1.88. The van der Waals surface area contributed by atoms with Gasteiger partial charge in [0, 0.05) is 0 Å². The first-order valence-electron chi connectivity index (χ1n) is 3.57. The molecule has 1 aliphatic rings. The van der Waals surface area contributed by atoms with Crippen molar-refractivity contribution in [1.29, 1.82) is 0 Å². The van der Waals surface area contributed by atoms with Gasteiger partial charge >= 0.3 is 29.6 Å². The van der Waals surface area contributed by atoms with E-state index < -0.39 is 15.4 Å². The Kier molecular flexibility index (Phi) is 5.22. The Morgan fingerprint density at radius 1 is 1.18 bits per heavy atom. The minimum atomic E-state index is -3.73. The van der Waals surface area contributed by atoms with Crippen LogP contribution in [0.25, 0.3) is 0 Å². The zero-order valence-electron chi connectivity index (χ0n) is 7.78. The van der Waals surface area contributed by atoms with Crippen LogP contribution in [0.5, 0.6) is 0 Å². The third-order valence-electron chi connectivity index (χ3n) is 1.97. The largest absolute Gasteiger partial charge is 1.00 e. The van der Waals surface area contributed by atoms with Crippen molar-refractivity contribution in [3.63, 3.8) is 0 Å². The van der Waals surface area contributed by atoms with Crippen LogP contribution in [0.15, 0.2) is 0 Å². The van der Waals surface area contributed by atoms with Gasteiger partial charge in [0.15, 0.2) is 0 Å². The van der Waals surface area contributed by atoms with Crippen LogP contribution < -0.4 is 29.6 Å². The Morgan fingerprint density at radius 2 is 1.64 bits per heavy atom. The number of hydrogen-bond acceptors (Lipinski definition) is 2. The summed E-state index contributed by atoms with van der Waals surface area (Å²) in [6, 6.07) is 0. The summed E-state index contributed by atoms with van der Waals surface area (Å²) in [5, 5.41) is -0.471. The normalized spacial score (nSPS) is 20.8. The van der Waals surface area contributed by atoms with Crippen molar-refractivity contribution in [3.05, 3.63) is 0 Å². The van der Waals surface area contributed by atoms with Crippen molar-refractivity contribution in [3.8, 4) is 0 Å². The summed E-state index contributed by atoms with van der Waals surface area (Å²) >= 11 is 0. The molecular weight excluding hydrogens is 175 g/mol.